The Kier molecular flexibility index (Phi) is 10.8. The molecule has 0 radical (unpaired) electrons. The summed E-state index contributed by atoms with van der Waals surface area (Å²) in [7, 11) is -9.41. The van der Waals surface area contributed by atoms with E-state index in [2.05, 4.69) is 75.3 Å². The van der Waals surface area contributed by atoms with Crippen molar-refractivity contribution in [3.63, 3.8) is 0 Å². The molecule has 0 saturated heterocycles. The molecule has 61 heavy (non-hydrogen) atoms. The highest BCUT2D eigenvalue weighted by molar-refractivity contribution is 7.86. The molecule has 12 heteroatoms. The van der Waals surface area contributed by atoms with E-state index in [1.54, 1.807) is 12.3 Å². The largest absolute Gasteiger partial charge is 0.744 e. The fraction of sp³-hybridized carbons (Fsp3) is 0.327. The van der Waals surface area contributed by atoms with E-state index >= 15 is 0 Å². The van der Waals surface area contributed by atoms with Crippen molar-refractivity contribution in [2.45, 2.75) is 96.8 Å². The van der Waals surface area contributed by atoms with Gasteiger partial charge in [0.25, 0.3) is 0 Å². The molecule has 10 nitrogen and oxygen atoms in total. The zero-order chi connectivity index (χ0) is 44.8. The first-order chi connectivity index (χ1) is 28.3. The number of hydrogen-bond donors (Lipinski definition) is 0. The normalized spacial score (nSPS) is 17.3. The molecule has 0 atom stereocenters. The van der Waals surface area contributed by atoms with E-state index in [1.807, 2.05) is 65.0 Å². The van der Waals surface area contributed by atoms with E-state index in [-0.39, 0.29) is 15.6 Å². The monoisotopic (exact) mass is 858 g/mol. The van der Waals surface area contributed by atoms with Crippen LogP contribution in [0.2, 0.25) is 0 Å². The van der Waals surface area contributed by atoms with Gasteiger partial charge in [-0.15, -0.1) is 0 Å². The van der Waals surface area contributed by atoms with Gasteiger partial charge in [0.1, 0.15) is 26.8 Å². The SMILES string of the molecule is CCN1/C(=C/C=C(/C=C/C2=[N+](CC)c3ccc4c(C)cc(S(=O)(=O)[O-])cc4c3C2(C)C)c2ccc(C(=O)C(C)(C)C)cn2)C(C)(C)c2c1ccc1c(C)cc(S(=O)(=O)[O-])cc21. The van der Waals surface area contributed by atoms with Crippen molar-refractivity contribution in [3.8, 4) is 0 Å². The molecule has 2 aliphatic heterocycles. The van der Waals surface area contributed by atoms with Gasteiger partial charge in [-0.3, -0.25) is 9.78 Å². The fourth-order valence-electron chi connectivity index (χ4n) is 9.37. The second-order valence-electron chi connectivity index (χ2n) is 18.1. The molecule has 0 amide bonds. The Balaban J connectivity index is 1.41. The van der Waals surface area contributed by atoms with Gasteiger partial charge in [-0.05, 0) is 140 Å². The molecule has 318 valence electrons. The number of ketones is 1. The van der Waals surface area contributed by atoms with E-state index in [0.29, 0.717) is 46.2 Å². The number of pyridine rings is 1. The van der Waals surface area contributed by atoms with Crippen LogP contribution in [0.25, 0.3) is 27.1 Å². The van der Waals surface area contributed by atoms with Gasteiger partial charge < -0.3 is 14.0 Å². The second kappa shape index (κ2) is 15.0. The van der Waals surface area contributed by atoms with Gasteiger partial charge in [-0.25, -0.2) is 16.8 Å². The Morgan fingerprint density at radius 1 is 0.787 bits per heavy atom. The Labute approximate surface area is 359 Å². The van der Waals surface area contributed by atoms with Gasteiger partial charge in [0.2, 0.25) is 5.69 Å². The Morgan fingerprint density at radius 3 is 1.87 bits per heavy atom. The zero-order valence-corrected chi connectivity index (χ0v) is 38.2. The van der Waals surface area contributed by atoms with Crippen LogP contribution in [0, 0.1) is 19.3 Å². The van der Waals surface area contributed by atoms with Crippen molar-refractivity contribution >= 4 is 70.2 Å². The Bertz CT molecular complexity index is 3060. The first-order valence-electron chi connectivity index (χ1n) is 20.4. The summed E-state index contributed by atoms with van der Waals surface area (Å²) in [5, 5.41) is 3.17. The molecule has 0 fully saturated rings. The third-order valence-corrected chi connectivity index (χ3v) is 14.0. The van der Waals surface area contributed by atoms with Crippen LogP contribution in [0.1, 0.15) is 101 Å². The van der Waals surface area contributed by atoms with Crippen LogP contribution < -0.4 is 4.90 Å². The summed E-state index contributed by atoms with van der Waals surface area (Å²) in [4.78, 5) is 19.7. The summed E-state index contributed by atoms with van der Waals surface area (Å²) in [5.41, 5.74) is 7.07. The number of fused-ring (bicyclic) bond motifs is 6. The summed E-state index contributed by atoms with van der Waals surface area (Å²) < 4.78 is 75.8. The number of carbonyl (C=O) groups is 1. The molecular weight excluding hydrogens is 807 g/mol. The maximum absolute atomic E-state index is 13.2. The number of aromatic nitrogens is 1. The number of Topliss-reactive ketones (excluding diaryl/α,β-unsaturated/α-hetero) is 1. The molecule has 0 unspecified atom stereocenters. The lowest BCUT2D eigenvalue weighted by Gasteiger charge is -2.26. The molecule has 0 bridgehead atoms. The molecule has 0 aliphatic carbocycles. The Hall–Kier alpha value is -5.27. The van der Waals surface area contributed by atoms with Gasteiger partial charge in [-0.1, -0.05) is 46.8 Å². The van der Waals surface area contributed by atoms with Crippen molar-refractivity contribution in [1.29, 1.82) is 0 Å². The predicted octanol–water partition coefficient (Wildman–Crippen LogP) is 9.78. The summed E-state index contributed by atoms with van der Waals surface area (Å²) in [6.45, 7) is 23.0. The average Bonchev–Trinajstić information content (AvgIpc) is 3.54. The molecule has 4 aromatic carbocycles. The Morgan fingerprint density at radius 2 is 1.36 bits per heavy atom. The van der Waals surface area contributed by atoms with Crippen molar-refractivity contribution in [3.05, 3.63) is 130 Å². The number of hydrogen-bond acceptors (Lipinski definition) is 9. The van der Waals surface area contributed by atoms with Gasteiger partial charge in [-0.2, -0.15) is 4.58 Å². The number of anilines is 1. The van der Waals surface area contributed by atoms with Crippen molar-refractivity contribution in [2.24, 2.45) is 5.41 Å². The highest BCUT2D eigenvalue weighted by Crippen LogP contribution is 2.51. The van der Waals surface area contributed by atoms with Crippen LogP contribution in [0.15, 0.2) is 107 Å². The molecular formula is C49H52N3O7S2-. The average molecular weight is 859 g/mol. The number of aryl methyl sites for hydroxylation is 2. The van der Waals surface area contributed by atoms with Gasteiger partial charge in [0.05, 0.1) is 20.9 Å². The molecule has 0 saturated carbocycles. The highest BCUT2D eigenvalue weighted by Gasteiger charge is 2.45. The smallest absolute Gasteiger partial charge is 0.210 e. The lowest BCUT2D eigenvalue weighted by Crippen LogP contribution is -2.27. The predicted molar refractivity (Wildman–Crippen MR) is 241 cm³/mol. The maximum atomic E-state index is 13.2. The number of carbonyl (C=O) groups excluding carboxylic acids is 1. The molecule has 2 aliphatic rings. The number of nitrogens with zero attached hydrogens (tertiary/aromatic N) is 3. The molecule has 7 rings (SSSR count). The van der Waals surface area contributed by atoms with Crippen molar-refractivity contribution in [1.82, 2.24) is 4.98 Å². The van der Waals surface area contributed by atoms with Crippen LogP contribution >= 0.6 is 0 Å². The molecule has 0 N–H and O–H groups in total. The van der Waals surface area contributed by atoms with Crippen molar-refractivity contribution < 1.29 is 35.3 Å². The van der Waals surface area contributed by atoms with Crippen LogP contribution in [0.4, 0.5) is 11.4 Å². The lowest BCUT2D eigenvalue weighted by molar-refractivity contribution is -0.433. The number of benzene rings is 4. The molecule has 5 aromatic rings. The minimum absolute atomic E-state index is 0.0239. The zero-order valence-electron chi connectivity index (χ0n) is 36.6. The molecule has 3 heterocycles. The van der Waals surface area contributed by atoms with E-state index in [9.17, 15) is 30.7 Å². The van der Waals surface area contributed by atoms with Gasteiger partial charge in [0.15, 0.2) is 11.5 Å². The van der Waals surface area contributed by atoms with Gasteiger partial charge >= 0.3 is 0 Å². The first kappa shape index (κ1) is 43.8. The molecule has 0 spiro atoms. The number of likely N-dealkylation sites (N-methyl/N-ethyl adjacent to an activating group) is 1. The van der Waals surface area contributed by atoms with Gasteiger partial charge in [0, 0.05) is 63.8 Å². The maximum Gasteiger partial charge on any atom is 0.210 e. The highest BCUT2D eigenvalue weighted by atomic mass is 32.2. The standard InChI is InChI=1S/C49H53N3O7S2/c1-12-51-40-20-17-35-29(3)24-33(60(54,55)56)26-37(35)44(40)48(8,9)42(51)22-15-31(39-19-14-32(28-50-39)46(53)47(5,6)7)16-23-43-49(10,11)45-38-27-34(61(57,58)59)25-30(4)36(38)18-21-41(45)52(43)13-2/h14-28H,12-13H2,1-11H3,(H-,54,55,56,57,58,59)/p-1. The van der Waals surface area contributed by atoms with E-state index in [1.165, 1.54) is 24.3 Å². The topological polar surface area (TPSA) is 151 Å². The number of rotatable bonds is 9. The minimum atomic E-state index is -4.70. The van der Waals surface area contributed by atoms with E-state index < -0.39 is 36.5 Å². The van der Waals surface area contributed by atoms with E-state index in [4.69, 9.17) is 4.98 Å². The number of allylic oxidation sites excluding steroid dienone is 6. The summed E-state index contributed by atoms with van der Waals surface area (Å²) >= 11 is 0. The van der Waals surface area contributed by atoms with Crippen LogP contribution in [0.5, 0.6) is 0 Å². The molecule has 1 aromatic heterocycles. The van der Waals surface area contributed by atoms with E-state index in [0.717, 1.165) is 50.3 Å². The summed E-state index contributed by atoms with van der Waals surface area (Å²) in [5.74, 6) is -0.0239. The third kappa shape index (κ3) is 7.47. The summed E-state index contributed by atoms with van der Waals surface area (Å²) in [6.07, 6.45) is 9.74. The van der Waals surface area contributed by atoms with Crippen molar-refractivity contribution in [2.75, 3.05) is 18.0 Å². The first-order valence-corrected chi connectivity index (χ1v) is 23.3. The lowest BCUT2D eigenvalue weighted by atomic mass is 9.78. The minimum Gasteiger partial charge on any atom is -0.744 e. The summed E-state index contributed by atoms with van der Waals surface area (Å²) in [6, 6.07) is 17.6. The fourth-order valence-corrected chi connectivity index (χ4v) is 10.5. The second-order valence-corrected chi connectivity index (χ2v) is 20.9. The van der Waals surface area contributed by atoms with Crippen LogP contribution in [-0.2, 0) is 31.1 Å². The quantitative estimate of drug-likeness (QED) is 0.0611. The van der Waals surface area contributed by atoms with Crippen LogP contribution in [0.3, 0.4) is 0 Å². The third-order valence-electron chi connectivity index (χ3n) is 12.3. The van der Waals surface area contributed by atoms with Crippen LogP contribution in [-0.4, -0.2) is 60.1 Å².